The highest BCUT2D eigenvalue weighted by Crippen LogP contribution is 2.26. The fourth-order valence-electron chi connectivity index (χ4n) is 3.46. The Hall–Kier alpha value is -2.95. The average molecular weight is 363 g/mol. The molecule has 0 bridgehead atoms. The number of nitrogens with zero attached hydrogens (tertiary/aromatic N) is 2. The summed E-state index contributed by atoms with van der Waals surface area (Å²) in [4.78, 5) is 19.1. The summed E-state index contributed by atoms with van der Waals surface area (Å²) >= 11 is 0. The van der Waals surface area contributed by atoms with Crippen molar-refractivity contribution >= 4 is 28.3 Å². The highest BCUT2D eigenvalue weighted by Gasteiger charge is 2.15. The van der Waals surface area contributed by atoms with Crippen LogP contribution in [0.1, 0.15) is 35.2 Å². The highest BCUT2D eigenvalue weighted by molar-refractivity contribution is 6.05. The van der Waals surface area contributed by atoms with E-state index in [9.17, 15) is 9.18 Å². The number of carbonyl (C=O) groups is 1. The minimum absolute atomic E-state index is 0.258. The van der Waals surface area contributed by atoms with Gasteiger partial charge in [-0.15, -0.1) is 0 Å². The Balaban J connectivity index is 1.59. The zero-order chi connectivity index (χ0) is 18.8. The van der Waals surface area contributed by atoms with Crippen LogP contribution in [0, 0.1) is 12.7 Å². The minimum atomic E-state index is -0.425. The van der Waals surface area contributed by atoms with Gasteiger partial charge in [-0.2, -0.15) is 0 Å². The summed E-state index contributed by atoms with van der Waals surface area (Å²) in [5.74, 6) is 0.134. The first-order valence-corrected chi connectivity index (χ1v) is 9.33. The van der Waals surface area contributed by atoms with Crippen LogP contribution in [0.3, 0.4) is 0 Å². The van der Waals surface area contributed by atoms with Gasteiger partial charge in [0.25, 0.3) is 5.91 Å². The third-order valence-electron chi connectivity index (χ3n) is 4.98. The summed E-state index contributed by atoms with van der Waals surface area (Å²) in [6, 6.07) is 14.2. The first kappa shape index (κ1) is 17.5. The molecule has 0 radical (unpaired) electrons. The lowest BCUT2D eigenvalue weighted by Crippen LogP contribution is -2.30. The molecule has 4 rings (SSSR count). The van der Waals surface area contributed by atoms with Gasteiger partial charge >= 0.3 is 0 Å². The molecule has 0 atom stereocenters. The van der Waals surface area contributed by atoms with Gasteiger partial charge in [0.05, 0.1) is 0 Å². The third kappa shape index (κ3) is 3.77. The van der Waals surface area contributed by atoms with Gasteiger partial charge in [-0.05, 0) is 62.6 Å². The molecule has 4 nitrogen and oxygen atoms in total. The van der Waals surface area contributed by atoms with E-state index in [-0.39, 0.29) is 5.91 Å². The van der Waals surface area contributed by atoms with Crippen LogP contribution in [-0.4, -0.2) is 24.0 Å². The average Bonchev–Trinajstić information content (AvgIpc) is 2.69. The van der Waals surface area contributed by atoms with E-state index in [2.05, 4.69) is 15.2 Å². The van der Waals surface area contributed by atoms with Crippen LogP contribution in [0.5, 0.6) is 0 Å². The number of rotatable bonds is 3. The predicted octanol–water partition coefficient (Wildman–Crippen LogP) is 4.92. The van der Waals surface area contributed by atoms with Gasteiger partial charge in [-0.25, -0.2) is 9.37 Å². The lowest BCUT2D eigenvalue weighted by Gasteiger charge is -2.27. The van der Waals surface area contributed by atoms with Gasteiger partial charge in [-0.1, -0.05) is 17.7 Å². The van der Waals surface area contributed by atoms with Gasteiger partial charge in [0.2, 0.25) is 0 Å². The smallest absolute Gasteiger partial charge is 0.255 e. The largest absolute Gasteiger partial charge is 0.357 e. The molecule has 27 heavy (non-hydrogen) atoms. The number of anilines is 2. The maximum atomic E-state index is 14.7. The number of hydrogen-bond donors (Lipinski definition) is 1. The Kier molecular flexibility index (Phi) is 4.75. The molecular weight excluding hydrogens is 341 g/mol. The number of piperidine rings is 1. The van der Waals surface area contributed by atoms with Crippen molar-refractivity contribution < 1.29 is 9.18 Å². The first-order chi connectivity index (χ1) is 13.1. The number of fused-ring (bicyclic) bond motifs is 1. The number of nitrogens with one attached hydrogen (secondary N) is 1. The van der Waals surface area contributed by atoms with E-state index in [4.69, 9.17) is 0 Å². The van der Waals surface area contributed by atoms with E-state index in [1.807, 2.05) is 31.2 Å². The molecule has 1 saturated heterocycles. The van der Waals surface area contributed by atoms with E-state index in [0.717, 1.165) is 37.3 Å². The van der Waals surface area contributed by atoms with Crippen molar-refractivity contribution in [2.45, 2.75) is 26.2 Å². The second-order valence-electron chi connectivity index (χ2n) is 7.07. The molecule has 3 aromatic rings. The molecule has 1 N–H and O–H groups in total. The van der Waals surface area contributed by atoms with Crippen molar-refractivity contribution in [3.05, 3.63) is 65.5 Å². The van der Waals surface area contributed by atoms with Crippen molar-refractivity contribution in [3.8, 4) is 0 Å². The van der Waals surface area contributed by atoms with E-state index in [1.54, 1.807) is 18.2 Å². The monoisotopic (exact) mass is 363 g/mol. The number of aryl methyl sites for hydroxylation is 1. The molecule has 0 spiro atoms. The number of amides is 1. The van der Waals surface area contributed by atoms with Crippen LogP contribution < -0.4 is 10.2 Å². The van der Waals surface area contributed by atoms with Gasteiger partial charge < -0.3 is 10.2 Å². The van der Waals surface area contributed by atoms with Crippen molar-refractivity contribution in [2.75, 3.05) is 23.3 Å². The molecule has 1 aliphatic rings. The maximum Gasteiger partial charge on any atom is 0.255 e. The second-order valence-corrected chi connectivity index (χ2v) is 7.07. The molecule has 1 aliphatic heterocycles. The number of halogens is 1. The Bertz CT molecular complexity index is 979. The van der Waals surface area contributed by atoms with Gasteiger partial charge in [0.1, 0.15) is 11.3 Å². The van der Waals surface area contributed by atoms with Gasteiger partial charge in [0.15, 0.2) is 5.82 Å². The topological polar surface area (TPSA) is 45.2 Å². The standard InChI is InChI=1S/C22H22FN3O/c1-15-5-7-16(8-6-15)22(27)24-18-13-17-9-10-20(25-21(17)19(23)14-18)26-11-3-2-4-12-26/h5-10,13-14H,2-4,11-12H2,1H3,(H,24,27). The molecule has 2 heterocycles. The molecule has 5 heteroatoms. The Morgan fingerprint density at radius 3 is 2.52 bits per heavy atom. The van der Waals surface area contributed by atoms with E-state index in [0.29, 0.717) is 22.2 Å². The zero-order valence-electron chi connectivity index (χ0n) is 15.3. The van der Waals surface area contributed by atoms with Gasteiger partial charge in [-0.3, -0.25) is 4.79 Å². The van der Waals surface area contributed by atoms with E-state index < -0.39 is 5.82 Å². The van der Waals surface area contributed by atoms with E-state index >= 15 is 0 Å². The SMILES string of the molecule is Cc1ccc(C(=O)Nc2cc(F)c3nc(N4CCCCC4)ccc3c2)cc1. The number of benzene rings is 2. The predicted molar refractivity (Wildman–Crippen MR) is 107 cm³/mol. The minimum Gasteiger partial charge on any atom is -0.357 e. The van der Waals surface area contributed by atoms with Crippen LogP contribution in [-0.2, 0) is 0 Å². The first-order valence-electron chi connectivity index (χ1n) is 9.33. The highest BCUT2D eigenvalue weighted by atomic mass is 19.1. The van der Waals surface area contributed by atoms with Crippen LogP contribution in [0.25, 0.3) is 10.9 Å². The van der Waals surface area contributed by atoms with Gasteiger partial charge in [0, 0.05) is 29.7 Å². The van der Waals surface area contributed by atoms with E-state index in [1.165, 1.54) is 12.5 Å². The van der Waals surface area contributed by atoms with Crippen LogP contribution in [0.4, 0.5) is 15.9 Å². The number of aromatic nitrogens is 1. The summed E-state index contributed by atoms with van der Waals surface area (Å²) in [7, 11) is 0. The summed E-state index contributed by atoms with van der Waals surface area (Å²) in [5.41, 5.74) is 2.39. The summed E-state index contributed by atoms with van der Waals surface area (Å²) in [5, 5.41) is 3.45. The maximum absolute atomic E-state index is 14.7. The second kappa shape index (κ2) is 7.35. The van der Waals surface area contributed by atoms with Crippen LogP contribution >= 0.6 is 0 Å². The number of carbonyl (C=O) groups excluding carboxylic acids is 1. The fourth-order valence-corrected chi connectivity index (χ4v) is 3.46. The Morgan fingerprint density at radius 2 is 1.78 bits per heavy atom. The summed E-state index contributed by atoms with van der Waals surface area (Å²) in [6.07, 6.45) is 3.53. The third-order valence-corrected chi connectivity index (χ3v) is 4.98. The molecule has 138 valence electrons. The molecular formula is C22H22FN3O. The molecule has 1 fully saturated rings. The quantitative estimate of drug-likeness (QED) is 0.718. The molecule has 1 amide bonds. The molecule has 0 saturated carbocycles. The van der Waals surface area contributed by atoms with Crippen molar-refractivity contribution in [1.82, 2.24) is 4.98 Å². The lowest BCUT2D eigenvalue weighted by atomic mass is 10.1. The molecule has 1 aromatic heterocycles. The number of hydrogen-bond acceptors (Lipinski definition) is 3. The molecule has 2 aromatic carbocycles. The summed E-state index contributed by atoms with van der Waals surface area (Å²) < 4.78 is 14.7. The molecule has 0 aliphatic carbocycles. The van der Waals surface area contributed by atoms with Crippen LogP contribution in [0.15, 0.2) is 48.5 Å². The Morgan fingerprint density at radius 1 is 1.04 bits per heavy atom. The fraction of sp³-hybridized carbons (Fsp3) is 0.273. The zero-order valence-corrected chi connectivity index (χ0v) is 15.3. The normalized spacial score (nSPS) is 14.4. The lowest BCUT2D eigenvalue weighted by molar-refractivity contribution is 0.102. The summed E-state index contributed by atoms with van der Waals surface area (Å²) in [6.45, 7) is 3.89. The Labute approximate surface area is 158 Å². The molecule has 0 unspecified atom stereocenters. The number of pyridine rings is 1. The van der Waals surface area contributed by atoms with Crippen molar-refractivity contribution in [2.24, 2.45) is 0 Å². The van der Waals surface area contributed by atoms with Crippen molar-refractivity contribution in [1.29, 1.82) is 0 Å². The van der Waals surface area contributed by atoms with Crippen molar-refractivity contribution in [3.63, 3.8) is 0 Å². The van der Waals surface area contributed by atoms with Crippen LogP contribution in [0.2, 0.25) is 0 Å².